The van der Waals surface area contributed by atoms with E-state index in [9.17, 15) is 9.59 Å². The largest absolute Gasteiger partial charge is 0.497 e. The molecule has 2 atom stereocenters. The number of methoxy groups -OCH3 is 1. The first-order chi connectivity index (χ1) is 14.5. The van der Waals surface area contributed by atoms with Crippen molar-refractivity contribution < 1.29 is 14.3 Å². The Balaban J connectivity index is 1.54. The summed E-state index contributed by atoms with van der Waals surface area (Å²) in [4.78, 5) is 34.8. The van der Waals surface area contributed by atoms with Crippen LogP contribution < -0.4 is 10.1 Å². The summed E-state index contributed by atoms with van der Waals surface area (Å²) in [6.07, 6.45) is 5.56. The third kappa shape index (κ3) is 3.77. The van der Waals surface area contributed by atoms with Gasteiger partial charge < -0.3 is 19.9 Å². The molecule has 4 rings (SSSR count). The smallest absolute Gasteiger partial charge is 0.253 e. The van der Waals surface area contributed by atoms with Crippen LogP contribution in [0.3, 0.4) is 0 Å². The number of fused-ring (bicyclic) bond motifs is 1. The molecule has 158 valence electrons. The molecule has 2 fully saturated rings. The number of rotatable bonds is 4. The van der Waals surface area contributed by atoms with E-state index in [-0.39, 0.29) is 17.9 Å². The summed E-state index contributed by atoms with van der Waals surface area (Å²) < 4.78 is 5.26. The number of amides is 2. The SMILES string of the molecule is COc1cccc(C(=O)N2CC[C@@H]3N(C)CC[C@]3(C(=O)Nc3cccnc3)CC2)c1. The Morgan fingerprint density at radius 2 is 2.00 bits per heavy atom. The van der Waals surface area contributed by atoms with Crippen LogP contribution in [-0.2, 0) is 4.79 Å². The summed E-state index contributed by atoms with van der Waals surface area (Å²) in [7, 11) is 3.67. The fourth-order valence-electron chi connectivity index (χ4n) is 4.85. The van der Waals surface area contributed by atoms with Crippen molar-refractivity contribution >= 4 is 17.5 Å². The van der Waals surface area contributed by atoms with Crippen LogP contribution in [0.5, 0.6) is 5.75 Å². The molecular formula is C23H28N4O3. The number of anilines is 1. The number of ether oxygens (including phenoxy) is 1. The predicted octanol–water partition coefficient (Wildman–Crippen LogP) is 2.66. The average Bonchev–Trinajstić information content (AvgIpc) is 2.97. The molecule has 1 aromatic heterocycles. The van der Waals surface area contributed by atoms with E-state index in [2.05, 4.69) is 22.2 Å². The monoisotopic (exact) mass is 408 g/mol. The van der Waals surface area contributed by atoms with Crippen LogP contribution in [0, 0.1) is 5.41 Å². The molecule has 2 aliphatic heterocycles. The van der Waals surface area contributed by atoms with Crippen molar-refractivity contribution in [3.8, 4) is 5.75 Å². The highest BCUT2D eigenvalue weighted by Crippen LogP contribution is 2.44. The summed E-state index contributed by atoms with van der Waals surface area (Å²) in [6.45, 7) is 2.07. The van der Waals surface area contributed by atoms with Crippen molar-refractivity contribution in [2.45, 2.75) is 25.3 Å². The minimum Gasteiger partial charge on any atom is -0.497 e. The van der Waals surface area contributed by atoms with E-state index in [1.165, 1.54) is 0 Å². The van der Waals surface area contributed by atoms with Gasteiger partial charge >= 0.3 is 0 Å². The minimum atomic E-state index is -0.506. The molecule has 0 aliphatic carbocycles. The van der Waals surface area contributed by atoms with Gasteiger partial charge in [0.05, 0.1) is 24.4 Å². The van der Waals surface area contributed by atoms with Gasteiger partial charge in [-0.05, 0) is 63.2 Å². The topological polar surface area (TPSA) is 74.8 Å². The van der Waals surface area contributed by atoms with Gasteiger partial charge in [-0.1, -0.05) is 6.07 Å². The molecule has 7 nitrogen and oxygen atoms in total. The van der Waals surface area contributed by atoms with Crippen molar-refractivity contribution in [1.82, 2.24) is 14.8 Å². The van der Waals surface area contributed by atoms with Gasteiger partial charge in [-0.3, -0.25) is 14.6 Å². The Morgan fingerprint density at radius 1 is 1.17 bits per heavy atom. The van der Waals surface area contributed by atoms with Crippen molar-refractivity contribution in [3.05, 3.63) is 54.4 Å². The zero-order chi connectivity index (χ0) is 21.1. The van der Waals surface area contributed by atoms with E-state index in [4.69, 9.17) is 4.74 Å². The second-order valence-electron chi connectivity index (χ2n) is 8.16. The Hall–Kier alpha value is -2.93. The molecule has 2 saturated heterocycles. The van der Waals surface area contributed by atoms with Crippen LogP contribution in [0.15, 0.2) is 48.8 Å². The third-order valence-electron chi connectivity index (χ3n) is 6.56. The van der Waals surface area contributed by atoms with Crippen molar-refractivity contribution in [1.29, 1.82) is 0 Å². The Bertz CT molecular complexity index is 920. The molecule has 0 spiro atoms. The molecule has 0 unspecified atom stereocenters. The van der Waals surface area contributed by atoms with Gasteiger partial charge in [-0.15, -0.1) is 0 Å². The first kappa shape index (κ1) is 20.3. The highest BCUT2D eigenvalue weighted by atomic mass is 16.5. The lowest BCUT2D eigenvalue weighted by Gasteiger charge is -2.34. The molecule has 0 bridgehead atoms. The molecular weight excluding hydrogens is 380 g/mol. The van der Waals surface area contributed by atoms with E-state index < -0.39 is 5.41 Å². The number of aromatic nitrogens is 1. The number of carbonyl (C=O) groups is 2. The Morgan fingerprint density at radius 3 is 2.77 bits per heavy atom. The van der Waals surface area contributed by atoms with Crippen LogP contribution >= 0.6 is 0 Å². The molecule has 2 amide bonds. The maximum Gasteiger partial charge on any atom is 0.253 e. The molecule has 30 heavy (non-hydrogen) atoms. The summed E-state index contributed by atoms with van der Waals surface area (Å²) in [5.41, 5.74) is 0.816. The van der Waals surface area contributed by atoms with Gasteiger partial charge in [-0.25, -0.2) is 0 Å². The lowest BCUT2D eigenvalue weighted by molar-refractivity contribution is -0.127. The fourth-order valence-corrected chi connectivity index (χ4v) is 4.85. The molecule has 2 aliphatic rings. The fraction of sp³-hybridized carbons (Fsp3) is 0.435. The molecule has 2 aromatic rings. The van der Waals surface area contributed by atoms with Gasteiger partial charge in [0.15, 0.2) is 0 Å². The number of benzene rings is 1. The first-order valence-electron chi connectivity index (χ1n) is 10.4. The maximum absolute atomic E-state index is 13.4. The summed E-state index contributed by atoms with van der Waals surface area (Å²) in [5, 5.41) is 3.06. The average molecular weight is 409 g/mol. The summed E-state index contributed by atoms with van der Waals surface area (Å²) in [6, 6.07) is 11.0. The third-order valence-corrected chi connectivity index (χ3v) is 6.56. The van der Waals surface area contributed by atoms with Gasteiger partial charge in [-0.2, -0.15) is 0 Å². The number of pyridine rings is 1. The van der Waals surface area contributed by atoms with Crippen LogP contribution in [0.2, 0.25) is 0 Å². The summed E-state index contributed by atoms with van der Waals surface area (Å²) in [5.74, 6) is 0.680. The lowest BCUT2D eigenvalue weighted by Crippen LogP contribution is -2.46. The number of nitrogens with zero attached hydrogens (tertiary/aromatic N) is 3. The normalized spacial score (nSPS) is 24.1. The van der Waals surface area contributed by atoms with Crippen molar-refractivity contribution in [3.63, 3.8) is 0 Å². The highest BCUT2D eigenvalue weighted by Gasteiger charge is 2.52. The van der Waals surface area contributed by atoms with Gasteiger partial charge in [0.1, 0.15) is 5.75 Å². The quantitative estimate of drug-likeness (QED) is 0.842. The Kier molecular flexibility index (Phi) is 5.72. The maximum atomic E-state index is 13.4. The summed E-state index contributed by atoms with van der Waals surface area (Å²) >= 11 is 0. The molecule has 7 heteroatoms. The zero-order valence-corrected chi connectivity index (χ0v) is 17.5. The molecule has 0 saturated carbocycles. The van der Waals surface area contributed by atoms with E-state index in [1.54, 1.807) is 25.6 Å². The van der Waals surface area contributed by atoms with Crippen LogP contribution in [-0.4, -0.2) is 66.4 Å². The molecule has 1 aromatic carbocycles. The number of nitrogens with one attached hydrogen (secondary N) is 1. The first-order valence-corrected chi connectivity index (χ1v) is 10.4. The van der Waals surface area contributed by atoms with E-state index in [0.29, 0.717) is 36.5 Å². The second-order valence-corrected chi connectivity index (χ2v) is 8.16. The number of carbonyl (C=O) groups excluding carboxylic acids is 2. The van der Waals surface area contributed by atoms with Crippen molar-refractivity contribution in [2.24, 2.45) is 5.41 Å². The molecule has 3 heterocycles. The second kappa shape index (κ2) is 8.44. The number of likely N-dealkylation sites (tertiary alicyclic amines) is 2. The van der Waals surface area contributed by atoms with Gasteiger partial charge in [0.25, 0.3) is 5.91 Å². The van der Waals surface area contributed by atoms with Crippen molar-refractivity contribution in [2.75, 3.05) is 39.1 Å². The lowest BCUT2D eigenvalue weighted by atomic mass is 9.75. The molecule has 0 radical (unpaired) electrons. The van der Waals surface area contributed by atoms with Gasteiger partial charge in [0.2, 0.25) is 5.91 Å². The highest BCUT2D eigenvalue weighted by molar-refractivity contribution is 5.97. The number of hydrogen-bond acceptors (Lipinski definition) is 5. The van der Waals surface area contributed by atoms with Crippen LogP contribution in [0.25, 0.3) is 0 Å². The number of hydrogen-bond donors (Lipinski definition) is 1. The van der Waals surface area contributed by atoms with Crippen LogP contribution in [0.4, 0.5) is 5.69 Å². The predicted molar refractivity (Wildman–Crippen MR) is 114 cm³/mol. The Labute approximate surface area is 177 Å². The minimum absolute atomic E-state index is 0.0145. The zero-order valence-electron chi connectivity index (χ0n) is 17.5. The van der Waals surface area contributed by atoms with E-state index in [1.807, 2.05) is 35.2 Å². The van der Waals surface area contributed by atoms with Gasteiger partial charge in [0, 0.05) is 30.9 Å². The standard InChI is InChI=1S/C23H28N4O3/c1-26-13-9-23(22(29)25-18-6-4-11-24-16-18)10-14-27(12-8-20(23)26)21(28)17-5-3-7-19(15-17)30-2/h3-7,11,15-16,20H,8-10,12-14H2,1-2H3,(H,25,29)/t20-,23-/m0/s1. The molecule has 1 N–H and O–H groups in total. The van der Waals surface area contributed by atoms with E-state index in [0.717, 1.165) is 19.4 Å². The van der Waals surface area contributed by atoms with E-state index >= 15 is 0 Å². The van der Waals surface area contributed by atoms with Crippen LogP contribution in [0.1, 0.15) is 29.6 Å².